The summed E-state index contributed by atoms with van der Waals surface area (Å²) >= 11 is 0. The number of hydrogen-bond acceptors (Lipinski definition) is 6. The fourth-order valence-corrected chi connectivity index (χ4v) is 6.07. The third kappa shape index (κ3) is 34.1. The average molecular weight is 984 g/mol. The maximum atomic E-state index is 13.5. The number of hydrogen-bond donors (Lipinski definition) is 1. The summed E-state index contributed by atoms with van der Waals surface area (Å²) in [5, 5.41) is 73.3. The van der Waals surface area contributed by atoms with Crippen LogP contribution in [0.5, 0.6) is 0 Å². The maximum absolute atomic E-state index is 13.5. The number of rotatable bonds is 30. The van der Waals surface area contributed by atoms with Gasteiger partial charge in [0.25, 0.3) is 0 Å². The predicted octanol–water partition coefficient (Wildman–Crippen LogP) is 10.2. The Labute approximate surface area is 416 Å². The Balaban J connectivity index is 1.74. The summed E-state index contributed by atoms with van der Waals surface area (Å²) in [6.45, 7) is 6.06. The minimum atomic E-state index is -0.833. The molecule has 2 saturated heterocycles. The standard InChI is InChI=1S/C42H53N27O3/c1-2-3-4-5-6-7-8-9-10-11-12-15-18-21-24-30-35-69-38-40(42(71)72-37-36-68-33-28-25-29-34-68)39(41(69)70)31-26-22-19-16-13-14-17-20-23-27-32-44-46-48-50-52-54-56-58-60-62-64-66-67-65-63-61-59-57-55-53-51-49-47-45-43/h6-7,9-10,39-40H,2-5,8,11-12,15,18,21,24-25,28-30,33-38H2,1H3,(H2,43,44,47,48,51,52,55,56,59,60,63,64,67)/b7-6-,10-9-/t39?,40-/m1/s1. The van der Waals surface area contributed by atoms with Crippen molar-refractivity contribution in [1.82, 2.24) is 9.80 Å². The van der Waals surface area contributed by atoms with E-state index in [0.717, 1.165) is 64.5 Å². The molecule has 0 bridgehead atoms. The van der Waals surface area contributed by atoms with Gasteiger partial charge in [-0.15, -0.1) is 0 Å². The number of unbranched alkanes of at least 4 members (excludes halogenated alkanes) is 9. The first-order valence-electron chi connectivity index (χ1n) is 22.7. The van der Waals surface area contributed by atoms with Gasteiger partial charge in [0.05, 0.1) is 12.0 Å². The summed E-state index contributed by atoms with van der Waals surface area (Å²) in [6.07, 6.45) is 26.3. The van der Waals surface area contributed by atoms with E-state index < -0.39 is 17.8 Å². The van der Waals surface area contributed by atoms with E-state index in [4.69, 9.17) is 4.74 Å². The molecule has 30 nitrogen and oxygen atoms in total. The SMILES string of the molecule is CCCCC/C=C\C/C=C\CCCCCCCCN1C[C@@H](C(=O)OCCN2CCCCC2)C(C#CC#CC#CC#CC#CC#CN=N/N=N/N=N/N=N/N=N/N=N/N=N/N=N/N=N/N=N/N=N/N=N/N)C1=O. The zero-order chi connectivity index (χ0) is 51.3. The van der Waals surface area contributed by atoms with Gasteiger partial charge in [-0.25, -0.2) is 0 Å². The van der Waals surface area contributed by atoms with Crippen molar-refractivity contribution in [3.05, 3.63) is 24.3 Å². The first-order valence-corrected chi connectivity index (χ1v) is 22.7. The molecule has 1 amide bonds. The summed E-state index contributed by atoms with van der Waals surface area (Å²) in [5.41, 5.74) is 0. The van der Waals surface area contributed by atoms with Crippen LogP contribution in [0.25, 0.3) is 0 Å². The van der Waals surface area contributed by atoms with Crippen molar-refractivity contribution in [2.45, 2.75) is 103 Å². The van der Waals surface area contributed by atoms with Crippen molar-refractivity contribution < 1.29 is 14.3 Å². The molecule has 0 saturated carbocycles. The smallest absolute Gasteiger partial charge is 0.312 e. The van der Waals surface area contributed by atoms with Crippen LogP contribution in [0, 0.1) is 83.0 Å². The van der Waals surface area contributed by atoms with Crippen molar-refractivity contribution in [2.24, 2.45) is 143 Å². The number of amides is 1. The molecule has 1 unspecified atom stereocenters. The van der Waals surface area contributed by atoms with E-state index in [-0.39, 0.29) is 19.1 Å². The van der Waals surface area contributed by atoms with Crippen LogP contribution in [0.2, 0.25) is 0 Å². The lowest BCUT2D eigenvalue weighted by Gasteiger charge is -2.26. The number of piperidine rings is 1. The summed E-state index contributed by atoms with van der Waals surface area (Å²) in [5.74, 6) is 30.7. The average Bonchev–Trinajstić information content (AvgIpc) is 3.71. The van der Waals surface area contributed by atoms with Crippen LogP contribution in [0.3, 0.4) is 0 Å². The number of esters is 1. The van der Waals surface area contributed by atoms with Crippen LogP contribution in [0.1, 0.15) is 103 Å². The molecule has 0 aromatic carbocycles. The minimum Gasteiger partial charge on any atom is -0.464 e. The third-order valence-electron chi connectivity index (χ3n) is 9.26. The highest BCUT2D eigenvalue weighted by atomic mass is 16.5. The first-order chi connectivity index (χ1) is 35.7. The van der Waals surface area contributed by atoms with E-state index in [1.54, 1.807) is 4.90 Å². The maximum Gasteiger partial charge on any atom is 0.312 e. The molecule has 0 spiro atoms. The van der Waals surface area contributed by atoms with Crippen LogP contribution < -0.4 is 5.84 Å². The summed E-state index contributed by atoms with van der Waals surface area (Å²) in [6, 6.07) is 2.23. The van der Waals surface area contributed by atoms with Gasteiger partial charge in [-0.3, -0.25) is 14.5 Å². The van der Waals surface area contributed by atoms with Gasteiger partial charge in [0.15, 0.2) is 0 Å². The molecule has 374 valence electrons. The molecule has 2 fully saturated rings. The number of allylic oxidation sites excluding steroid dienone is 4. The molecule has 2 aliphatic rings. The molecule has 2 atom stereocenters. The fourth-order valence-electron chi connectivity index (χ4n) is 6.07. The second-order valence-electron chi connectivity index (χ2n) is 14.2. The number of nitrogens with zero attached hydrogens (tertiary/aromatic N) is 26. The molecular formula is C42H53N27O3. The van der Waals surface area contributed by atoms with Gasteiger partial charge in [-0.05, 0) is 172 Å². The molecule has 2 aliphatic heterocycles. The van der Waals surface area contributed by atoms with Crippen LogP contribution in [-0.2, 0) is 14.3 Å². The largest absolute Gasteiger partial charge is 0.464 e. The van der Waals surface area contributed by atoms with E-state index in [9.17, 15) is 9.59 Å². The van der Waals surface area contributed by atoms with Gasteiger partial charge in [-0.1, -0.05) is 92.4 Å². The second-order valence-corrected chi connectivity index (χ2v) is 14.2. The first kappa shape index (κ1) is 58.9. The van der Waals surface area contributed by atoms with Gasteiger partial charge in [0.1, 0.15) is 12.5 Å². The van der Waals surface area contributed by atoms with Crippen LogP contribution >= 0.6 is 0 Å². The fraction of sp³-hybridized carbons (Fsp3) is 0.571. The summed E-state index contributed by atoms with van der Waals surface area (Å²) in [4.78, 5) is 30.8. The van der Waals surface area contributed by atoms with E-state index in [2.05, 4.69) is 238 Å². The molecule has 0 aromatic heterocycles. The molecule has 30 heteroatoms. The molecule has 2 N–H and O–H groups in total. The topological polar surface area (TPSA) is 373 Å². The highest BCUT2D eigenvalue weighted by Crippen LogP contribution is 2.26. The van der Waals surface area contributed by atoms with Crippen molar-refractivity contribution in [3.63, 3.8) is 0 Å². The van der Waals surface area contributed by atoms with E-state index in [0.29, 0.717) is 13.1 Å². The van der Waals surface area contributed by atoms with E-state index in [1.807, 2.05) is 0 Å². The normalized spacial score (nSPS) is 16.6. The number of nitrogens with two attached hydrogens (primary N) is 1. The van der Waals surface area contributed by atoms with Crippen molar-refractivity contribution in [3.8, 4) is 71.2 Å². The van der Waals surface area contributed by atoms with Gasteiger partial charge < -0.3 is 15.5 Å². The molecule has 0 aliphatic carbocycles. The Morgan fingerprint density at radius 2 is 1.01 bits per heavy atom. The highest BCUT2D eigenvalue weighted by Gasteiger charge is 2.44. The zero-order valence-electron chi connectivity index (χ0n) is 39.7. The number of ether oxygens (including phenoxy) is 1. The lowest BCUT2D eigenvalue weighted by atomic mass is 9.96. The quantitative estimate of drug-likeness (QED) is 0.0139. The molecule has 2 heterocycles. The molecule has 0 radical (unpaired) electrons. The summed E-state index contributed by atoms with van der Waals surface area (Å²) in [7, 11) is 0. The van der Waals surface area contributed by atoms with Gasteiger partial charge in [0.2, 0.25) is 5.91 Å². The predicted molar refractivity (Wildman–Crippen MR) is 253 cm³/mol. The lowest BCUT2D eigenvalue weighted by Crippen LogP contribution is -2.34. The zero-order valence-corrected chi connectivity index (χ0v) is 39.7. The third-order valence-corrected chi connectivity index (χ3v) is 9.26. The number of carbonyl (C=O) groups excluding carboxylic acids is 2. The Kier molecular flexibility index (Phi) is 37.2. The highest BCUT2D eigenvalue weighted by molar-refractivity contribution is 5.91. The van der Waals surface area contributed by atoms with Crippen molar-refractivity contribution in [1.29, 1.82) is 0 Å². The molecule has 2 rings (SSSR count). The van der Waals surface area contributed by atoms with Crippen molar-refractivity contribution >= 4 is 11.9 Å². The second kappa shape index (κ2) is 45.5. The van der Waals surface area contributed by atoms with Crippen LogP contribution in [0.15, 0.2) is 150 Å². The molecule has 0 aromatic rings. The van der Waals surface area contributed by atoms with Crippen LogP contribution in [0.4, 0.5) is 0 Å². The number of likely N-dealkylation sites (tertiary alicyclic amines) is 2. The summed E-state index contributed by atoms with van der Waals surface area (Å²) < 4.78 is 5.68. The van der Waals surface area contributed by atoms with Gasteiger partial charge in [-0.2, -0.15) is 0 Å². The van der Waals surface area contributed by atoms with Gasteiger partial charge in [0, 0.05) is 85.8 Å². The molecular weight excluding hydrogens is 931 g/mol. The minimum absolute atomic E-state index is 0.173. The Hall–Kier alpha value is -9.26. The van der Waals surface area contributed by atoms with E-state index in [1.165, 1.54) is 44.9 Å². The Morgan fingerprint density at radius 3 is 1.54 bits per heavy atom. The van der Waals surface area contributed by atoms with Crippen LogP contribution in [-0.4, -0.2) is 61.0 Å². The molecule has 72 heavy (non-hydrogen) atoms. The lowest BCUT2D eigenvalue weighted by molar-refractivity contribution is -0.150. The van der Waals surface area contributed by atoms with Crippen molar-refractivity contribution in [2.75, 3.05) is 39.3 Å². The Bertz CT molecular complexity index is 2450. The number of carbonyl (C=O) groups is 2. The monoisotopic (exact) mass is 983 g/mol. The van der Waals surface area contributed by atoms with E-state index >= 15 is 0 Å². The van der Waals surface area contributed by atoms with Gasteiger partial charge >= 0.3 is 5.97 Å². The Morgan fingerprint density at radius 1 is 0.556 bits per heavy atom.